The third kappa shape index (κ3) is 4.72. The van der Waals surface area contributed by atoms with E-state index in [2.05, 4.69) is 14.9 Å². The molecule has 158 valence electrons. The monoisotopic (exact) mass is 408 g/mol. The lowest BCUT2D eigenvalue weighted by Crippen LogP contribution is -2.49. The van der Waals surface area contributed by atoms with Crippen LogP contribution < -0.4 is 10.5 Å². The highest BCUT2D eigenvalue weighted by Gasteiger charge is 2.32. The number of hydrogen-bond donors (Lipinski definition) is 2. The molecule has 7 nitrogen and oxygen atoms in total. The van der Waals surface area contributed by atoms with Crippen molar-refractivity contribution in [3.8, 4) is 11.6 Å². The largest absolute Gasteiger partial charge is 0.481 e. The fraction of sp³-hybridized carbons (Fsp3) is 0.435. The van der Waals surface area contributed by atoms with Gasteiger partial charge in [0, 0.05) is 30.6 Å². The van der Waals surface area contributed by atoms with E-state index in [-0.39, 0.29) is 12.5 Å². The normalized spacial score (nSPS) is 17.7. The predicted molar refractivity (Wildman–Crippen MR) is 115 cm³/mol. The summed E-state index contributed by atoms with van der Waals surface area (Å²) in [5, 5.41) is 9.25. The molecule has 4 rings (SSSR count). The lowest BCUT2D eigenvalue weighted by Gasteiger charge is -2.41. The van der Waals surface area contributed by atoms with Crippen molar-refractivity contribution in [3.63, 3.8) is 0 Å². The molecule has 1 aliphatic carbocycles. The number of carbonyl (C=O) groups is 1. The summed E-state index contributed by atoms with van der Waals surface area (Å²) in [6, 6.07) is 11.5. The Hall–Kier alpha value is -3.09. The molecule has 3 N–H and O–H groups in total. The SMILES string of the molecule is NC1=Nc2cnc(Oc3ccccc3)cc2CN1[C@@H](CCC(=O)O)C1CCCCC1. The minimum absolute atomic E-state index is 0.0740. The van der Waals surface area contributed by atoms with E-state index in [1.165, 1.54) is 19.3 Å². The third-order valence-electron chi connectivity index (χ3n) is 6.02. The second-order valence-corrected chi connectivity index (χ2v) is 8.06. The quantitative estimate of drug-likeness (QED) is 0.702. The fourth-order valence-corrected chi connectivity index (χ4v) is 4.54. The highest BCUT2D eigenvalue weighted by atomic mass is 16.5. The minimum atomic E-state index is -0.772. The van der Waals surface area contributed by atoms with Gasteiger partial charge in [0.05, 0.1) is 11.9 Å². The van der Waals surface area contributed by atoms with E-state index in [4.69, 9.17) is 10.5 Å². The van der Waals surface area contributed by atoms with Crippen LogP contribution in [0, 0.1) is 5.92 Å². The van der Waals surface area contributed by atoms with Gasteiger partial charge in [0.15, 0.2) is 5.96 Å². The number of rotatable bonds is 7. The number of ether oxygens (including phenoxy) is 1. The van der Waals surface area contributed by atoms with E-state index in [1.54, 1.807) is 6.20 Å². The number of pyridine rings is 1. The topological polar surface area (TPSA) is 101 Å². The summed E-state index contributed by atoms with van der Waals surface area (Å²) in [7, 11) is 0. The van der Waals surface area contributed by atoms with Crippen LogP contribution in [-0.2, 0) is 11.3 Å². The van der Waals surface area contributed by atoms with Gasteiger partial charge in [0.2, 0.25) is 5.88 Å². The number of aliphatic imine (C=N–C) groups is 1. The Balaban J connectivity index is 1.56. The molecule has 0 bridgehead atoms. The number of benzene rings is 1. The molecular weight excluding hydrogens is 380 g/mol. The van der Waals surface area contributed by atoms with Gasteiger partial charge in [-0.1, -0.05) is 37.5 Å². The van der Waals surface area contributed by atoms with Crippen LogP contribution in [0.5, 0.6) is 11.6 Å². The first-order valence-corrected chi connectivity index (χ1v) is 10.6. The Morgan fingerprint density at radius 2 is 2.00 bits per heavy atom. The fourth-order valence-electron chi connectivity index (χ4n) is 4.54. The van der Waals surface area contributed by atoms with Crippen LogP contribution in [0.4, 0.5) is 5.69 Å². The molecule has 1 aromatic carbocycles. The zero-order valence-electron chi connectivity index (χ0n) is 17.0. The summed E-state index contributed by atoms with van der Waals surface area (Å²) in [6.45, 7) is 0.582. The Bertz CT molecular complexity index is 910. The summed E-state index contributed by atoms with van der Waals surface area (Å²) >= 11 is 0. The van der Waals surface area contributed by atoms with Gasteiger partial charge >= 0.3 is 5.97 Å². The third-order valence-corrected chi connectivity index (χ3v) is 6.02. The molecule has 7 heteroatoms. The number of hydrogen-bond acceptors (Lipinski definition) is 6. The van der Waals surface area contributed by atoms with E-state index in [0.717, 1.165) is 29.8 Å². The average molecular weight is 409 g/mol. The van der Waals surface area contributed by atoms with Gasteiger partial charge in [0.1, 0.15) is 5.75 Å². The highest BCUT2D eigenvalue weighted by molar-refractivity contribution is 5.83. The first kappa shape index (κ1) is 20.2. The van der Waals surface area contributed by atoms with Crippen molar-refractivity contribution < 1.29 is 14.6 Å². The van der Waals surface area contributed by atoms with Crippen LogP contribution in [0.2, 0.25) is 0 Å². The molecule has 30 heavy (non-hydrogen) atoms. The minimum Gasteiger partial charge on any atom is -0.481 e. The maximum Gasteiger partial charge on any atom is 0.303 e. The molecule has 0 amide bonds. The number of carboxylic acids is 1. The van der Waals surface area contributed by atoms with Gasteiger partial charge in [0.25, 0.3) is 0 Å². The standard InChI is InChI=1S/C23H28N4O3/c24-23-26-19-14-25-21(30-18-9-5-2-6-10-18)13-17(19)15-27(23)20(11-12-22(28)29)16-7-3-1-4-8-16/h2,5-6,9-10,13-14,16,20H,1,3-4,7-8,11-12,15H2,(H2,24,26)(H,28,29)/t20-/m0/s1. The van der Waals surface area contributed by atoms with E-state index in [9.17, 15) is 9.90 Å². The molecule has 1 saturated carbocycles. The van der Waals surface area contributed by atoms with Gasteiger partial charge in [-0.25, -0.2) is 9.98 Å². The second-order valence-electron chi connectivity index (χ2n) is 8.06. The van der Waals surface area contributed by atoms with E-state index in [0.29, 0.717) is 30.7 Å². The number of fused-ring (bicyclic) bond motifs is 1. The van der Waals surface area contributed by atoms with E-state index < -0.39 is 5.97 Å². The molecule has 2 heterocycles. The predicted octanol–water partition coefficient (Wildman–Crippen LogP) is 4.45. The number of aliphatic carboxylic acids is 1. The van der Waals surface area contributed by atoms with Gasteiger partial charge in [-0.2, -0.15) is 0 Å². The van der Waals surface area contributed by atoms with Crippen molar-refractivity contribution in [3.05, 3.63) is 48.2 Å². The zero-order chi connectivity index (χ0) is 20.9. The van der Waals surface area contributed by atoms with Gasteiger partial charge in [-0.3, -0.25) is 4.79 Å². The molecule has 1 aliphatic heterocycles. The maximum absolute atomic E-state index is 11.3. The Morgan fingerprint density at radius 1 is 1.23 bits per heavy atom. The summed E-state index contributed by atoms with van der Waals surface area (Å²) < 4.78 is 5.88. The first-order chi connectivity index (χ1) is 14.6. The van der Waals surface area contributed by atoms with Crippen molar-refractivity contribution in [1.29, 1.82) is 0 Å². The number of carboxylic acid groups (broad SMARTS) is 1. The molecule has 1 aromatic heterocycles. The number of nitrogens with zero attached hydrogens (tertiary/aromatic N) is 3. The summed E-state index contributed by atoms with van der Waals surface area (Å²) in [5.41, 5.74) is 8.07. The molecule has 1 atom stereocenters. The van der Waals surface area contributed by atoms with Crippen molar-refractivity contribution >= 4 is 17.6 Å². The van der Waals surface area contributed by atoms with Crippen LogP contribution in [0.3, 0.4) is 0 Å². The molecule has 0 unspecified atom stereocenters. The lowest BCUT2D eigenvalue weighted by molar-refractivity contribution is -0.137. The number of guanidine groups is 1. The van der Waals surface area contributed by atoms with Gasteiger partial charge in [-0.05, 0) is 37.3 Å². The van der Waals surface area contributed by atoms with Crippen LogP contribution in [0.25, 0.3) is 0 Å². The van der Waals surface area contributed by atoms with Crippen LogP contribution in [-0.4, -0.2) is 33.0 Å². The molecule has 0 spiro atoms. The molecule has 1 fully saturated rings. The molecule has 2 aromatic rings. The Morgan fingerprint density at radius 3 is 2.73 bits per heavy atom. The Kier molecular flexibility index (Phi) is 6.16. The van der Waals surface area contributed by atoms with Gasteiger partial charge in [-0.15, -0.1) is 0 Å². The summed E-state index contributed by atoms with van der Waals surface area (Å²) in [4.78, 5) is 22.3. The zero-order valence-corrected chi connectivity index (χ0v) is 17.0. The summed E-state index contributed by atoms with van der Waals surface area (Å²) in [6.07, 6.45) is 8.24. The van der Waals surface area contributed by atoms with Crippen LogP contribution in [0.15, 0.2) is 47.6 Å². The molecule has 2 aliphatic rings. The average Bonchev–Trinajstić information content (AvgIpc) is 2.76. The van der Waals surface area contributed by atoms with E-state index >= 15 is 0 Å². The molecule has 0 saturated heterocycles. The molecular formula is C23H28N4O3. The maximum atomic E-state index is 11.3. The second kappa shape index (κ2) is 9.15. The van der Waals surface area contributed by atoms with Crippen LogP contribution >= 0.6 is 0 Å². The lowest BCUT2D eigenvalue weighted by atomic mass is 9.81. The number of aromatic nitrogens is 1. The van der Waals surface area contributed by atoms with Crippen molar-refractivity contribution in [2.24, 2.45) is 16.6 Å². The van der Waals surface area contributed by atoms with Crippen molar-refractivity contribution in [2.75, 3.05) is 0 Å². The van der Waals surface area contributed by atoms with E-state index in [1.807, 2.05) is 36.4 Å². The number of nitrogens with two attached hydrogens (primary N) is 1. The highest BCUT2D eigenvalue weighted by Crippen LogP contribution is 2.36. The molecule has 0 radical (unpaired) electrons. The smallest absolute Gasteiger partial charge is 0.303 e. The van der Waals surface area contributed by atoms with Crippen molar-refractivity contribution in [1.82, 2.24) is 9.88 Å². The summed E-state index contributed by atoms with van der Waals surface area (Å²) in [5.74, 6) is 1.35. The Labute approximate surface area is 176 Å². The first-order valence-electron chi connectivity index (χ1n) is 10.6. The van der Waals surface area contributed by atoms with Crippen molar-refractivity contribution in [2.45, 2.75) is 57.5 Å². The number of para-hydroxylation sites is 1. The van der Waals surface area contributed by atoms with Gasteiger partial charge < -0.3 is 20.5 Å². The van der Waals surface area contributed by atoms with Crippen LogP contribution in [0.1, 0.15) is 50.5 Å².